The number of nitrogens with one attached hydrogen (secondary N) is 1. The summed E-state index contributed by atoms with van der Waals surface area (Å²) < 4.78 is 0. The molecule has 2 N–H and O–H groups in total. The van der Waals surface area contributed by atoms with Crippen molar-refractivity contribution in [2.75, 3.05) is 0 Å². The molecule has 0 saturated heterocycles. The lowest BCUT2D eigenvalue weighted by Crippen LogP contribution is -2.47. The molecule has 1 aliphatic rings. The maximum Gasteiger partial charge on any atom is 0.306 e. The maximum atomic E-state index is 12.2. The highest BCUT2D eigenvalue weighted by atomic mass is 16.4. The maximum absolute atomic E-state index is 12.2. The molecule has 0 radical (unpaired) electrons. The smallest absolute Gasteiger partial charge is 0.306 e. The highest BCUT2D eigenvalue weighted by Crippen LogP contribution is 2.32. The number of carboxylic acid groups (broad SMARTS) is 1. The van der Waals surface area contributed by atoms with Gasteiger partial charge in [-0.2, -0.15) is 0 Å². The van der Waals surface area contributed by atoms with Gasteiger partial charge in [0, 0.05) is 11.5 Å². The summed E-state index contributed by atoms with van der Waals surface area (Å²) >= 11 is 0. The van der Waals surface area contributed by atoms with Crippen LogP contribution in [0.4, 0.5) is 0 Å². The lowest BCUT2D eigenvalue weighted by molar-refractivity contribution is -0.141. The molecule has 0 aromatic rings. The highest BCUT2D eigenvalue weighted by Gasteiger charge is 2.36. The molecule has 1 fully saturated rings. The van der Waals surface area contributed by atoms with E-state index in [2.05, 4.69) is 26.1 Å². The summed E-state index contributed by atoms with van der Waals surface area (Å²) in [6.07, 6.45) is 2.68. The average molecular weight is 269 g/mol. The van der Waals surface area contributed by atoms with Crippen molar-refractivity contribution in [3.05, 3.63) is 0 Å². The predicted molar refractivity (Wildman–Crippen MR) is 74.8 cm³/mol. The molecule has 0 aromatic carbocycles. The van der Waals surface area contributed by atoms with E-state index in [1.165, 1.54) is 0 Å². The van der Waals surface area contributed by atoms with Crippen LogP contribution in [0.1, 0.15) is 60.3 Å². The van der Waals surface area contributed by atoms with Crippen molar-refractivity contribution >= 4 is 11.9 Å². The molecule has 0 aromatic heterocycles. The van der Waals surface area contributed by atoms with Crippen LogP contribution in [0.15, 0.2) is 0 Å². The third kappa shape index (κ3) is 5.21. The molecule has 1 aliphatic carbocycles. The van der Waals surface area contributed by atoms with Crippen molar-refractivity contribution in [2.45, 2.75) is 65.8 Å². The van der Waals surface area contributed by atoms with Gasteiger partial charge in [-0.3, -0.25) is 9.59 Å². The fraction of sp³-hybridized carbons (Fsp3) is 0.867. The van der Waals surface area contributed by atoms with Crippen molar-refractivity contribution in [1.29, 1.82) is 0 Å². The molecule has 0 heterocycles. The first-order valence-electron chi connectivity index (χ1n) is 7.05. The lowest BCUT2D eigenvalue weighted by atomic mass is 9.81. The van der Waals surface area contributed by atoms with Crippen LogP contribution in [0.5, 0.6) is 0 Å². The Morgan fingerprint density at radius 2 is 1.63 bits per heavy atom. The number of hydrogen-bond donors (Lipinski definition) is 2. The van der Waals surface area contributed by atoms with E-state index in [0.29, 0.717) is 19.3 Å². The number of carbonyl (C=O) groups excluding carboxylic acids is 1. The van der Waals surface area contributed by atoms with Gasteiger partial charge >= 0.3 is 5.97 Å². The standard InChI is InChI=1S/C15H27NO3/c1-14(2,3)9-15(4,5)16-12(17)10-6-7-11(8-10)13(18)19/h10-11H,6-9H2,1-5H3,(H,16,17)(H,18,19). The van der Waals surface area contributed by atoms with Gasteiger partial charge in [0.2, 0.25) is 5.91 Å². The van der Waals surface area contributed by atoms with E-state index in [-0.39, 0.29) is 28.7 Å². The van der Waals surface area contributed by atoms with Crippen LogP contribution in [-0.2, 0) is 9.59 Å². The zero-order valence-corrected chi connectivity index (χ0v) is 12.7. The zero-order chi connectivity index (χ0) is 14.8. The molecule has 110 valence electrons. The Balaban J connectivity index is 2.54. The fourth-order valence-corrected chi connectivity index (χ4v) is 3.25. The van der Waals surface area contributed by atoms with Crippen molar-refractivity contribution in [3.63, 3.8) is 0 Å². The van der Waals surface area contributed by atoms with Crippen LogP contribution in [0, 0.1) is 17.3 Å². The van der Waals surface area contributed by atoms with Gasteiger partial charge in [-0.1, -0.05) is 20.8 Å². The van der Waals surface area contributed by atoms with Gasteiger partial charge < -0.3 is 10.4 Å². The normalized spacial score (nSPS) is 24.3. The van der Waals surface area contributed by atoms with Gasteiger partial charge in [0.05, 0.1) is 5.92 Å². The van der Waals surface area contributed by atoms with Gasteiger partial charge in [-0.15, -0.1) is 0 Å². The highest BCUT2D eigenvalue weighted by molar-refractivity contribution is 5.81. The minimum Gasteiger partial charge on any atom is -0.481 e. The van der Waals surface area contributed by atoms with Crippen LogP contribution < -0.4 is 5.32 Å². The molecule has 1 amide bonds. The van der Waals surface area contributed by atoms with Gasteiger partial charge in [0.1, 0.15) is 0 Å². The Kier molecular flexibility index (Phi) is 4.64. The SMILES string of the molecule is CC(C)(C)CC(C)(C)NC(=O)C1CCC(C(=O)O)C1. The molecule has 2 unspecified atom stereocenters. The summed E-state index contributed by atoms with van der Waals surface area (Å²) in [7, 11) is 0. The van der Waals surface area contributed by atoms with Gasteiger partial charge in [-0.05, 0) is 44.9 Å². The van der Waals surface area contributed by atoms with E-state index in [1.807, 2.05) is 13.8 Å². The second kappa shape index (κ2) is 5.51. The Morgan fingerprint density at radius 3 is 2.05 bits per heavy atom. The number of aliphatic carboxylic acids is 1. The number of amides is 1. The van der Waals surface area contributed by atoms with E-state index < -0.39 is 5.97 Å². The minimum absolute atomic E-state index is 0.0120. The van der Waals surface area contributed by atoms with Crippen LogP contribution in [-0.4, -0.2) is 22.5 Å². The molecule has 19 heavy (non-hydrogen) atoms. The number of carbonyl (C=O) groups is 2. The van der Waals surface area contributed by atoms with Crippen LogP contribution >= 0.6 is 0 Å². The molecule has 2 atom stereocenters. The first kappa shape index (κ1) is 16.0. The Morgan fingerprint density at radius 1 is 1.11 bits per heavy atom. The van der Waals surface area contributed by atoms with E-state index >= 15 is 0 Å². The summed E-state index contributed by atoms with van der Waals surface area (Å²) in [5, 5.41) is 12.0. The van der Waals surface area contributed by atoms with E-state index in [4.69, 9.17) is 5.11 Å². The quantitative estimate of drug-likeness (QED) is 0.824. The average Bonchev–Trinajstić information content (AvgIpc) is 2.60. The van der Waals surface area contributed by atoms with Crippen molar-refractivity contribution < 1.29 is 14.7 Å². The molecular formula is C15H27NO3. The van der Waals surface area contributed by atoms with Crippen molar-refractivity contribution in [3.8, 4) is 0 Å². The molecule has 4 heteroatoms. The number of carboxylic acids is 1. The molecular weight excluding hydrogens is 242 g/mol. The zero-order valence-electron chi connectivity index (χ0n) is 12.7. The van der Waals surface area contributed by atoms with Crippen LogP contribution in [0.25, 0.3) is 0 Å². The Hall–Kier alpha value is -1.06. The van der Waals surface area contributed by atoms with E-state index in [0.717, 1.165) is 6.42 Å². The molecule has 4 nitrogen and oxygen atoms in total. The Bertz CT molecular complexity index is 355. The molecule has 0 spiro atoms. The van der Waals surface area contributed by atoms with Gasteiger partial charge in [0.15, 0.2) is 0 Å². The second-order valence-corrected chi connectivity index (χ2v) is 7.66. The third-order valence-electron chi connectivity index (χ3n) is 3.59. The largest absolute Gasteiger partial charge is 0.481 e. The molecule has 1 rings (SSSR count). The lowest BCUT2D eigenvalue weighted by Gasteiger charge is -2.34. The second-order valence-electron chi connectivity index (χ2n) is 7.66. The van der Waals surface area contributed by atoms with E-state index in [9.17, 15) is 9.59 Å². The monoisotopic (exact) mass is 269 g/mol. The topological polar surface area (TPSA) is 66.4 Å². The summed E-state index contributed by atoms with van der Waals surface area (Å²) in [6, 6.07) is 0. The van der Waals surface area contributed by atoms with E-state index in [1.54, 1.807) is 0 Å². The fourth-order valence-electron chi connectivity index (χ4n) is 3.25. The predicted octanol–water partition coefficient (Wildman–Crippen LogP) is 2.82. The van der Waals surface area contributed by atoms with Crippen molar-refractivity contribution in [2.24, 2.45) is 17.3 Å². The first-order valence-corrected chi connectivity index (χ1v) is 7.05. The summed E-state index contributed by atoms with van der Waals surface area (Å²) in [5.41, 5.74) is -0.104. The number of hydrogen-bond acceptors (Lipinski definition) is 2. The summed E-state index contributed by atoms with van der Waals surface area (Å²) in [6.45, 7) is 10.5. The molecule has 0 aliphatic heterocycles. The van der Waals surface area contributed by atoms with Crippen LogP contribution in [0.2, 0.25) is 0 Å². The number of rotatable bonds is 4. The minimum atomic E-state index is -0.774. The van der Waals surface area contributed by atoms with Crippen LogP contribution in [0.3, 0.4) is 0 Å². The van der Waals surface area contributed by atoms with Gasteiger partial charge in [-0.25, -0.2) is 0 Å². The Labute approximate surface area is 116 Å². The van der Waals surface area contributed by atoms with Crippen molar-refractivity contribution in [1.82, 2.24) is 5.32 Å². The summed E-state index contributed by atoms with van der Waals surface area (Å²) in [5.74, 6) is -1.25. The molecule has 0 bridgehead atoms. The molecule has 1 saturated carbocycles. The summed E-state index contributed by atoms with van der Waals surface area (Å²) in [4.78, 5) is 23.1. The van der Waals surface area contributed by atoms with Gasteiger partial charge in [0.25, 0.3) is 0 Å². The first-order chi connectivity index (χ1) is 8.50. The third-order valence-corrected chi connectivity index (χ3v) is 3.59.